The van der Waals surface area contributed by atoms with E-state index in [1.165, 1.54) is 25.7 Å². The summed E-state index contributed by atoms with van der Waals surface area (Å²) in [5.74, 6) is 1.56. The second-order valence-corrected chi connectivity index (χ2v) is 13.7. The lowest BCUT2D eigenvalue weighted by atomic mass is 9.92. The first-order valence-corrected chi connectivity index (χ1v) is 17.6. The van der Waals surface area contributed by atoms with E-state index in [-0.39, 0.29) is 0 Å². The minimum absolute atomic E-state index is 0.537. The van der Waals surface area contributed by atoms with Crippen molar-refractivity contribution in [1.29, 1.82) is 0 Å². The molecule has 1 unspecified atom stereocenters. The van der Waals surface area contributed by atoms with Gasteiger partial charge in [-0.05, 0) is 52.6 Å². The molecule has 0 aliphatic carbocycles. The minimum Gasteiger partial charge on any atom is -0.456 e. The van der Waals surface area contributed by atoms with Crippen LogP contribution in [0.5, 0.6) is 0 Å². The zero-order valence-corrected chi connectivity index (χ0v) is 27.7. The molecule has 0 radical (unpaired) electrons. The largest absolute Gasteiger partial charge is 0.456 e. The molecule has 50 heavy (non-hydrogen) atoms. The fourth-order valence-corrected chi connectivity index (χ4v) is 8.26. The highest BCUT2D eigenvalue weighted by Crippen LogP contribution is 2.44. The molecule has 1 N–H and O–H groups in total. The Kier molecular flexibility index (Phi) is 6.71. The molecular weight excluding hydrogens is 631 g/mol. The molecule has 2 aromatic heterocycles. The van der Waals surface area contributed by atoms with Gasteiger partial charge in [-0.15, -0.1) is 11.3 Å². The lowest BCUT2D eigenvalue weighted by molar-refractivity contribution is 0.667. The fourth-order valence-electron chi connectivity index (χ4n) is 7.18. The molecule has 7 aromatic carbocycles. The number of furan rings is 1. The molecule has 0 amide bonds. The van der Waals surface area contributed by atoms with Crippen molar-refractivity contribution in [2.75, 3.05) is 0 Å². The van der Waals surface area contributed by atoms with Crippen LogP contribution in [0.4, 0.5) is 0 Å². The normalized spacial score (nSPS) is 14.6. The molecule has 236 valence electrons. The van der Waals surface area contributed by atoms with Gasteiger partial charge in [0, 0.05) is 47.6 Å². The van der Waals surface area contributed by atoms with Crippen LogP contribution in [0.15, 0.2) is 178 Å². The number of hydrogen-bond donors (Lipinski definition) is 1. The number of nitrogens with zero attached hydrogens (tertiary/aromatic N) is 2. The molecule has 9 aromatic rings. The highest BCUT2D eigenvalue weighted by molar-refractivity contribution is 7.25. The van der Waals surface area contributed by atoms with Crippen molar-refractivity contribution < 1.29 is 4.42 Å². The molecular formula is C45H29N3OS. The molecule has 0 spiro atoms. The van der Waals surface area contributed by atoms with E-state index in [9.17, 15) is 0 Å². The number of amidine groups is 2. The zero-order chi connectivity index (χ0) is 33.0. The van der Waals surface area contributed by atoms with Gasteiger partial charge in [-0.1, -0.05) is 133 Å². The summed E-state index contributed by atoms with van der Waals surface area (Å²) in [6, 6.07) is 57.4. The minimum atomic E-state index is -0.537. The number of hydrogen-bond acceptors (Lipinski definition) is 5. The number of benzene rings is 7. The van der Waals surface area contributed by atoms with Crippen LogP contribution in [0.1, 0.15) is 22.9 Å². The monoisotopic (exact) mass is 659 g/mol. The van der Waals surface area contributed by atoms with Crippen molar-refractivity contribution >= 4 is 65.1 Å². The predicted molar refractivity (Wildman–Crippen MR) is 209 cm³/mol. The van der Waals surface area contributed by atoms with E-state index in [1.54, 1.807) is 0 Å². The highest BCUT2D eigenvalue weighted by atomic mass is 32.1. The van der Waals surface area contributed by atoms with Gasteiger partial charge in [0.25, 0.3) is 0 Å². The molecule has 0 saturated carbocycles. The Bertz CT molecular complexity index is 2780. The van der Waals surface area contributed by atoms with Crippen LogP contribution in [0, 0.1) is 0 Å². The van der Waals surface area contributed by atoms with Gasteiger partial charge in [-0.25, -0.2) is 9.98 Å². The van der Waals surface area contributed by atoms with E-state index in [1.807, 2.05) is 47.7 Å². The molecule has 10 rings (SSSR count). The van der Waals surface area contributed by atoms with Gasteiger partial charge in [-0.2, -0.15) is 0 Å². The van der Waals surface area contributed by atoms with Crippen LogP contribution >= 0.6 is 11.3 Å². The molecule has 1 atom stereocenters. The molecule has 3 heterocycles. The third kappa shape index (κ3) is 4.82. The maximum atomic E-state index is 6.46. The van der Waals surface area contributed by atoms with E-state index in [0.29, 0.717) is 0 Å². The first-order valence-electron chi connectivity index (χ1n) is 16.8. The van der Waals surface area contributed by atoms with Crippen molar-refractivity contribution in [3.63, 3.8) is 0 Å². The van der Waals surface area contributed by atoms with E-state index in [4.69, 9.17) is 14.4 Å². The maximum absolute atomic E-state index is 6.46. The number of rotatable bonds is 5. The van der Waals surface area contributed by atoms with Crippen LogP contribution in [0.3, 0.4) is 0 Å². The van der Waals surface area contributed by atoms with Gasteiger partial charge < -0.3 is 9.73 Å². The molecule has 1 aliphatic rings. The molecule has 4 nitrogen and oxygen atoms in total. The van der Waals surface area contributed by atoms with E-state index in [2.05, 4.69) is 133 Å². The molecule has 0 saturated heterocycles. The Morgan fingerprint density at radius 2 is 1.04 bits per heavy atom. The fraction of sp³-hybridized carbons (Fsp3) is 0.0222. The Morgan fingerprint density at radius 1 is 0.460 bits per heavy atom. The summed E-state index contributed by atoms with van der Waals surface area (Å²) in [6.07, 6.45) is -0.537. The Labute approximate surface area is 292 Å². The maximum Gasteiger partial charge on any atom is 0.171 e. The third-order valence-corrected chi connectivity index (χ3v) is 10.7. The Morgan fingerprint density at radius 3 is 1.82 bits per heavy atom. The van der Waals surface area contributed by atoms with Crippen LogP contribution < -0.4 is 5.32 Å². The first-order chi connectivity index (χ1) is 24.8. The van der Waals surface area contributed by atoms with Gasteiger partial charge in [0.2, 0.25) is 0 Å². The summed E-state index contributed by atoms with van der Waals surface area (Å²) < 4.78 is 9.02. The lowest BCUT2D eigenvalue weighted by Gasteiger charge is -2.24. The zero-order valence-electron chi connectivity index (χ0n) is 26.9. The van der Waals surface area contributed by atoms with Crippen LogP contribution in [-0.4, -0.2) is 11.7 Å². The van der Waals surface area contributed by atoms with Crippen molar-refractivity contribution in [3.8, 4) is 22.3 Å². The van der Waals surface area contributed by atoms with E-state index >= 15 is 0 Å². The Balaban J connectivity index is 1.21. The van der Waals surface area contributed by atoms with Gasteiger partial charge in [0.15, 0.2) is 6.17 Å². The molecule has 0 bridgehead atoms. The van der Waals surface area contributed by atoms with E-state index < -0.39 is 6.17 Å². The summed E-state index contributed by atoms with van der Waals surface area (Å²) in [5.41, 5.74) is 9.26. The topological polar surface area (TPSA) is 49.9 Å². The summed E-state index contributed by atoms with van der Waals surface area (Å²) >= 11 is 1.83. The van der Waals surface area contributed by atoms with E-state index in [0.717, 1.165) is 67.0 Å². The Hall–Kier alpha value is -6.30. The van der Waals surface area contributed by atoms with Crippen LogP contribution in [0.2, 0.25) is 0 Å². The van der Waals surface area contributed by atoms with Gasteiger partial charge >= 0.3 is 0 Å². The number of aliphatic imine (C=N–C) groups is 2. The summed E-state index contributed by atoms with van der Waals surface area (Å²) in [7, 11) is 0. The van der Waals surface area contributed by atoms with Crippen LogP contribution in [-0.2, 0) is 0 Å². The summed E-state index contributed by atoms with van der Waals surface area (Å²) in [4.78, 5) is 10.8. The number of thiophene rings is 1. The van der Waals surface area contributed by atoms with Crippen LogP contribution in [0.25, 0.3) is 64.4 Å². The number of para-hydroxylation sites is 1. The molecule has 5 heteroatoms. The average molecular weight is 660 g/mol. The number of fused-ring (bicyclic) bond motifs is 6. The third-order valence-electron chi connectivity index (χ3n) is 9.58. The smallest absolute Gasteiger partial charge is 0.171 e. The van der Waals surface area contributed by atoms with Crippen molar-refractivity contribution in [1.82, 2.24) is 5.32 Å². The molecule has 1 aliphatic heterocycles. The van der Waals surface area contributed by atoms with Crippen molar-refractivity contribution in [3.05, 3.63) is 180 Å². The van der Waals surface area contributed by atoms with Gasteiger partial charge in [0.1, 0.15) is 22.8 Å². The van der Waals surface area contributed by atoms with Crippen molar-refractivity contribution in [2.45, 2.75) is 6.17 Å². The quantitative estimate of drug-likeness (QED) is 0.200. The predicted octanol–water partition coefficient (Wildman–Crippen LogP) is 11.8. The van der Waals surface area contributed by atoms with Crippen molar-refractivity contribution in [2.24, 2.45) is 9.98 Å². The molecule has 0 fully saturated rings. The second kappa shape index (κ2) is 11.7. The summed E-state index contributed by atoms with van der Waals surface area (Å²) in [6.45, 7) is 0. The lowest BCUT2D eigenvalue weighted by Crippen LogP contribution is -2.36. The summed E-state index contributed by atoms with van der Waals surface area (Å²) in [5, 5.41) is 8.23. The first kappa shape index (κ1) is 28.7. The number of nitrogens with one attached hydrogen (secondary N) is 1. The average Bonchev–Trinajstić information content (AvgIpc) is 3.76. The van der Waals surface area contributed by atoms with Gasteiger partial charge in [-0.3, -0.25) is 0 Å². The van der Waals surface area contributed by atoms with Gasteiger partial charge in [0.05, 0.1) is 0 Å². The second-order valence-electron chi connectivity index (χ2n) is 12.6. The SMILES string of the molecule is c1ccc(C2=NC(c3c(-c4ccc5sc6ccccc6c5c4)ccc4oc5ccccc5c34)N=C(c3ccc(-c4ccccc4)cc3)N2)cc1. The standard InChI is InChI=1S/C45H29N3OS/c1-3-11-28(12-4-1)29-19-21-31(22-20-29)44-46-43(30-13-5-2-6-14-30)47-45(48-44)42-33(24-25-38-41(42)35-16-7-9-17-37(35)49-38)32-23-26-40-36(27-32)34-15-8-10-18-39(34)50-40/h1-27,45H,(H,46,47,48). The highest BCUT2D eigenvalue weighted by Gasteiger charge is 2.27.